The molecule has 0 bridgehead atoms. The van der Waals surface area contributed by atoms with Gasteiger partial charge in [0.05, 0.1) is 17.5 Å². The van der Waals surface area contributed by atoms with Gasteiger partial charge in [0.25, 0.3) is 0 Å². The molecule has 12 rings (SSSR count). The van der Waals surface area contributed by atoms with Crippen LogP contribution in [0.3, 0.4) is 0 Å². The van der Waals surface area contributed by atoms with Crippen LogP contribution < -0.4 is 0 Å². The van der Waals surface area contributed by atoms with Gasteiger partial charge in [0, 0.05) is 157 Å². The van der Waals surface area contributed by atoms with E-state index in [1.54, 1.807) is 85.7 Å². The van der Waals surface area contributed by atoms with Crippen LogP contribution in [-0.4, -0.2) is 74.3 Å². The highest BCUT2D eigenvalue weighted by Crippen LogP contribution is 2.03. The lowest BCUT2D eigenvalue weighted by Crippen LogP contribution is -1.85. The fraction of sp³-hybridized carbons (Fsp3) is 0.250. The fourth-order valence-electron chi connectivity index (χ4n) is 6.05. The molecule has 0 fully saturated rings. The number of hydrogen-bond donors (Lipinski definition) is 0. The van der Waals surface area contributed by atoms with Crippen molar-refractivity contribution in [1.29, 1.82) is 0 Å². The van der Waals surface area contributed by atoms with Crippen molar-refractivity contribution in [2.75, 3.05) is 0 Å². The zero-order valence-electron chi connectivity index (χ0n) is 55.0. The molecule has 0 aliphatic carbocycles. The molecule has 12 aromatic heterocycles. The molecule has 0 spiro atoms. The van der Waals surface area contributed by atoms with Crippen molar-refractivity contribution in [2.24, 2.45) is 7.05 Å². The molecular weight excluding hydrogens is 1110 g/mol. The van der Waals surface area contributed by atoms with Crippen LogP contribution >= 0.6 is 11.3 Å². The average Bonchev–Trinajstić information content (AvgIpc) is 4.22. The maximum absolute atomic E-state index is 4.23. The van der Waals surface area contributed by atoms with E-state index < -0.39 is 0 Å². The zero-order chi connectivity index (χ0) is 65.2. The summed E-state index contributed by atoms with van der Waals surface area (Å²) in [5.74, 6) is 0.822. The van der Waals surface area contributed by atoms with Gasteiger partial charge >= 0.3 is 0 Å². The van der Waals surface area contributed by atoms with E-state index in [1.165, 1.54) is 38.9 Å². The summed E-state index contributed by atoms with van der Waals surface area (Å²) in [5, 5.41) is 2.01. The third-order valence-electron chi connectivity index (χ3n) is 10.7. The van der Waals surface area contributed by atoms with Gasteiger partial charge in [-0.25, -0.2) is 15.0 Å². The largest absolute Gasteiger partial charge is 0.341 e. The van der Waals surface area contributed by atoms with Crippen LogP contribution in [0.15, 0.2) is 226 Å². The summed E-state index contributed by atoms with van der Waals surface area (Å²) in [7, 11) is 1.94. The Bertz CT molecular complexity index is 3080. The first-order chi connectivity index (χ1) is 42.1. The van der Waals surface area contributed by atoms with E-state index >= 15 is 0 Å². The number of thiazole rings is 1. The molecule has 0 saturated carbocycles. The Balaban J connectivity index is 0.000000481. The zero-order valence-corrected chi connectivity index (χ0v) is 55.8. The first kappa shape index (κ1) is 76.2. The Kier molecular flexibility index (Phi) is 41.9. The highest BCUT2D eigenvalue weighted by Gasteiger charge is 1.90. The number of pyridine rings is 8. The topological polar surface area (TPSA) is 185 Å². The monoisotopic (exact) mass is 1200 g/mol. The van der Waals surface area contributed by atoms with Gasteiger partial charge in [0.15, 0.2) is 0 Å². The summed E-state index contributed by atoms with van der Waals surface area (Å²) in [4.78, 5) is 55.4. The highest BCUT2D eigenvalue weighted by molar-refractivity contribution is 7.07. The molecule has 460 valence electrons. The second kappa shape index (κ2) is 48.4. The number of aryl methyl sites for hydroxylation is 18. The van der Waals surface area contributed by atoms with Gasteiger partial charge < -0.3 is 4.57 Å². The van der Waals surface area contributed by atoms with Crippen molar-refractivity contribution in [1.82, 2.24) is 74.3 Å². The Labute approximate surface area is 529 Å². The molecule has 0 unspecified atom stereocenters. The standard InChI is InChI=1S/C8H11N.4C7H9N.3C6H7N.2C5H6N2.C4H6N2.C4H5NS/c1-6-4-7(2)9-8(3)5-6;1-6-3-4-8-7(2)5-6;2*1-6-3-4-7(2)8-5-6;1-6-4-3-5-8-7(6)2;1-6-2-4-7-5-3-6;1-6-3-2-4-7-5-6;1-6-4-2-3-5-7-6;1-5-4-6-2-3-7-5;1-5-6-3-2-4-7-5;1-6-3-2-5-4-6;1-4-2-6-3-5-4/h4-5H,1-3H3;4*3-5H,1-2H3;3*2-5H,1H3;2*2-4H,1H3;2-4H,1H3;2-3H,1H3. The molecule has 15 nitrogen and oxygen atoms in total. The van der Waals surface area contributed by atoms with E-state index in [2.05, 4.69) is 127 Å². The van der Waals surface area contributed by atoms with Crippen molar-refractivity contribution < 1.29 is 0 Å². The minimum Gasteiger partial charge on any atom is -0.341 e. The lowest BCUT2D eigenvalue weighted by Gasteiger charge is -1.96. The normalized spacial score (nSPS) is 9.02. The predicted molar refractivity (Wildman–Crippen MR) is 364 cm³/mol. The molecule has 0 saturated heterocycles. The summed E-state index contributed by atoms with van der Waals surface area (Å²) in [5.41, 5.74) is 20.3. The molecule has 0 radical (unpaired) electrons. The van der Waals surface area contributed by atoms with Gasteiger partial charge in [-0.15, -0.1) is 11.3 Å². The van der Waals surface area contributed by atoms with E-state index in [4.69, 9.17) is 0 Å². The Morgan fingerprint density at radius 1 is 0.307 bits per heavy atom. The minimum absolute atomic E-state index is 0.822. The number of nitrogens with zero attached hydrogens (tertiary/aromatic N) is 15. The molecule has 12 aromatic rings. The minimum atomic E-state index is 0.822. The van der Waals surface area contributed by atoms with Crippen LogP contribution in [0.5, 0.6) is 0 Å². The number of rotatable bonds is 0. The molecular formula is C72H91N15S. The lowest BCUT2D eigenvalue weighted by atomic mass is 10.2. The molecule has 16 heteroatoms. The van der Waals surface area contributed by atoms with Gasteiger partial charge in [-0.3, -0.25) is 54.8 Å². The number of aromatic nitrogens is 15. The number of imidazole rings is 1. The third-order valence-corrected chi connectivity index (χ3v) is 11.4. The second-order valence-corrected chi connectivity index (χ2v) is 20.5. The third kappa shape index (κ3) is 45.6. The van der Waals surface area contributed by atoms with Crippen LogP contribution in [0.4, 0.5) is 0 Å². The van der Waals surface area contributed by atoms with Crippen molar-refractivity contribution >= 4 is 11.3 Å². The van der Waals surface area contributed by atoms with Gasteiger partial charge in [0.1, 0.15) is 5.82 Å². The maximum atomic E-state index is 4.23. The molecule has 0 aliphatic rings. The Morgan fingerprint density at radius 3 is 1.12 bits per heavy atom. The summed E-state index contributed by atoms with van der Waals surface area (Å²) >= 11 is 1.63. The summed E-state index contributed by atoms with van der Waals surface area (Å²) in [6.45, 7) is 34.1. The summed E-state index contributed by atoms with van der Waals surface area (Å²) < 4.78 is 1.89. The smallest absolute Gasteiger partial charge is 0.125 e. The molecule has 0 amide bonds. The summed E-state index contributed by atoms with van der Waals surface area (Å²) in [6, 6.07) is 35.9. The molecule has 0 atom stereocenters. The van der Waals surface area contributed by atoms with Gasteiger partial charge in [0.2, 0.25) is 0 Å². The quantitative estimate of drug-likeness (QED) is 0.140. The van der Waals surface area contributed by atoms with E-state index in [9.17, 15) is 0 Å². The van der Waals surface area contributed by atoms with E-state index in [0.717, 1.165) is 57.1 Å². The van der Waals surface area contributed by atoms with Crippen LogP contribution in [0.25, 0.3) is 0 Å². The van der Waals surface area contributed by atoms with Crippen molar-refractivity contribution in [3.05, 3.63) is 322 Å². The first-order valence-electron chi connectivity index (χ1n) is 28.4. The molecule has 0 N–H and O–H groups in total. The van der Waals surface area contributed by atoms with Crippen molar-refractivity contribution in [3.8, 4) is 0 Å². The van der Waals surface area contributed by atoms with Crippen LogP contribution in [0.2, 0.25) is 0 Å². The van der Waals surface area contributed by atoms with E-state index in [1.807, 2.05) is 223 Å². The summed E-state index contributed by atoms with van der Waals surface area (Å²) in [6.07, 6.45) is 30.2. The predicted octanol–water partition coefficient (Wildman–Crippen LogP) is 16.4. The molecule has 0 aliphatic heterocycles. The van der Waals surface area contributed by atoms with Crippen LogP contribution in [0, 0.1) is 118 Å². The van der Waals surface area contributed by atoms with Crippen LogP contribution in [-0.2, 0) is 7.05 Å². The second-order valence-electron chi connectivity index (χ2n) is 19.8. The van der Waals surface area contributed by atoms with Crippen molar-refractivity contribution in [2.45, 2.75) is 118 Å². The number of hydrogen-bond acceptors (Lipinski definition) is 15. The van der Waals surface area contributed by atoms with E-state index in [0.29, 0.717) is 0 Å². The Morgan fingerprint density at radius 2 is 0.852 bits per heavy atom. The fourth-order valence-corrected chi connectivity index (χ4v) is 6.59. The lowest BCUT2D eigenvalue weighted by molar-refractivity contribution is 0.913. The first-order valence-corrected chi connectivity index (χ1v) is 29.4. The average molecular weight is 1200 g/mol. The SMILES string of the molecule is Cc1cc(C)nc(C)c1.Cc1ccc(C)nc1.Cc1ccc(C)nc1.Cc1ccccn1.Cc1cccnc1.Cc1cccnc1C.Cc1ccnc(C)c1.Cc1ccncc1.Cc1cnccn1.Cc1cscn1.Cc1ncccn1.Cn1ccnc1. The van der Waals surface area contributed by atoms with Gasteiger partial charge in [-0.1, -0.05) is 30.3 Å². The molecule has 88 heavy (non-hydrogen) atoms. The van der Waals surface area contributed by atoms with Gasteiger partial charge in [-0.05, 0) is 236 Å². The maximum Gasteiger partial charge on any atom is 0.125 e. The van der Waals surface area contributed by atoms with Gasteiger partial charge in [-0.2, -0.15) is 0 Å². The molecule has 12 heterocycles. The van der Waals surface area contributed by atoms with Crippen molar-refractivity contribution in [3.63, 3.8) is 0 Å². The molecule has 0 aromatic carbocycles. The Hall–Kier alpha value is -9.80. The highest BCUT2D eigenvalue weighted by atomic mass is 32.1. The van der Waals surface area contributed by atoms with Crippen LogP contribution in [0.1, 0.15) is 96.0 Å². The van der Waals surface area contributed by atoms with E-state index in [-0.39, 0.29) is 0 Å².